The van der Waals surface area contributed by atoms with Crippen LogP contribution in [0, 0.1) is 13.8 Å². The van der Waals surface area contributed by atoms with Gasteiger partial charge in [0.2, 0.25) is 0 Å². The zero-order valence-corrected chi connectivity index (χ0v) is 16.7. The number of benzene rings is 2. The van der Waals surface area contributed by atoms with Gasteiger partial charge in [0.1, 0.15) is 10.6 Å². The average molecular weight is 400 g/mol. The van der Waals surface area contributed by atoms with Crippen LogP contribution in [0.2, 0.25) is 5.02 Å². The van der Waals surface area contributed by atoms with Gasteiger partial charge < -0.3 is 10.1 Å². The van der Waals surface area contributed by atoms with Crippen molar-refractivity contribution in [3.63, 3.8) is 0 Å². The van der Waals surface area contributed by atoms with E-state index < -0.39 is 5.97 Å². The van der Waals surface area contributed by atoms with Crippen LogP contribution in [-0.2, 0) is 4.74 Å². The maximum absolute atomic E-state index is 12.5. The smallest absolute Gasteiger partial charge is 0.341 e. The lowest BCUT2D eigenvalue weighted by molar-refractivity contribution is 0.0603. The highest BCUT2D eigenvalue weighted by molar-refractivity contribution is 7.15. The van der Waals surface area contributed by atoms with E-state index in [-0.39, 0.29) is 5.91 Å². The molecule has 0 aliphatic carbocycles. The quantitative estimate of drug-likeness (QED) is 0.570. The number of hydrogen-bond acceptors (Lipinski definition) is 4. The van der Waals surface area contributed by atoms with E-state index in [4.69, 9.17) is 16.3 Å². The predicted molar refractivity (Wildman–Crippen MR) is 110 cm³/mol. The molecule has 0 radical (unpaired) electrons. The number of esters is 1. The van der Waals surface area contributed by atoms with Gasteiger partial charge in [0.05, 0.1) is 7.11 Å². The SMILES string of the molecule is COC(=O)c1c(-c2ccc(C)c(C)c2)csc1NC(=O)c1ccc(Cl)cc1. The molecule has 0 unspecified atom stereocenters. The molecule has 0 atom stereocenters. The van der Waals surface area contributed by atoms with E-state index in [1.807, 2.05) is 37.4 Å². The normalized spacial score (nSPS) is 10.5. The number of methoxy groups -OCH3 is 1. The summed E-state index contributed by atoms with van der Waals surface area (Å²) in [4.78, 5) is 25.0. The molecule has 0 aliphatic heterocycles. The minimum atomic E-state index is -0.490. The monoisotopic (exact) mass is 399 g/mol. The van der Waals surface area contributed by atoms with E-state index in [0.29, 0.717) is 21.2 Å². The summed E-state index contributed by atoms with van der Waals surface area (Å²) in [6.07, 6.45) is 0. The van der Waals surface area contributed by atoms with E-state index in [1.54, 1.807) is 24.3 Å². The molecule has 0 saturated carbocycles. The summed E-state index contributed by atoms with van der Waals surface area (Å²) in [6, 6.07) is 12.5. The Bertz CT molecular complexity index is 1010. The number of nitrogens with one attached hydrogen (secondary N) is 1. The van der Waals surface area contributed by atoms with Gasteiger partial charge in [-0.25, -0.2) is 4.79 Å². The van der Waals surface area contributed by atoms with Crippen LogP contribution in [0.1, 0.15) is 31.8 Å². The molecule has 1 aromatic heterocycles. The Morgan fingerprint density at radius 3 is 2.37 bits per heavy atom. The predicted octanol–water partition coefficient (Wildman–Crippen LogP) is 5.72. The highest BCUT2D eigenvalue weighted by Crippen LogP contribution is 2.37. The third-order valence-electron chi connectivity index (χ3n) is 4.33. The lowest BCUT2D eigenvalue weighted by Crippen LogP contribution is -2.14. The minimum Gasteiger partial charge on any atom is -0.465 e. The van der Waals surface area contributed by atoms with Gasteiger partial charge >= 0.3 is 5.97 Å². The summed E-state index contributed by atoms with van der Waals surface area (Å²) < 4.78 is 4.95. The largest absolute Gasteiger partial charge is 0.465 e. The lowest BCUT2D eigenvalue weighted by atomic mass is 9.99. The standard InChI is InChI=1S/C21H18ClNO3S/c1-12-4-5-15(10-13(12)2)17-11-27-20(18(17)21(25)26-3)23-19(24)14-6-8-16(22)9-7-14/h4-11H,1-3H3,(H,23,24). The summed E-state index contributed by atoms with van der Waals surface area (Å²) in [7, 11) is 1.33. The zero-order chi connectivity index (χ0) is 19.6. The van der Waals surface area contributed by atoms with Gasteiger partial charge in [-0.3, -0.25) is 4.79 Å². The highest BCUT2D eigenvalue weighted by atomic mass is 35.5. The van der Waals surface area contributed by atoms with Crippen molar-refractivity contribution in [2.24, 2.45) is 0 Å². The average Bonchev–Trinajstić information content (AvgIpc) is 3.07. The summed E-state index contributed by atoms with van der Waals surface area (Å²) in [6.45, 7) is 4.05. The first kappa shape index (κ1) is 19.1. The number of amides is 1. The number of anilines is 1. The van der Waals surface area contributed by atoms with Crippen molar-refractivity contribution in [3.8, 4) is 11.1 Å². The van der Waals surface area contributed by atoms with Crippen LogP contribution < -0.4 is 5.32 Å². The fourth-order valence-electron chi connectivity index (χ4n) is 2.65. The molecule has 0 bridgehead atoms. The van der Waals surface area contributed by atoms with Gasteiger partial charge in [-0.2, -0.15) is 0 Å². The van der Waals surface area contributed by atoms with Crippen LogP contribution in [0.25, 0.3) is 11.1 Å². The van der Waals surface area contributed by atoms with Gasteiger partial charge in [0.25, 0.3) is 5.91 Å². The summed E-state index contributed by atoms with van der Waals surface area (Å²) >= 11 is 7.16. The molecule has 138 valence electrons. The number of ether oxygens (including phenoxy) is 1. The summed E-state index contributed by atoms with van der Waals surface area (Å²) in [5.41, 5.74) is 4.75. The van der Waals surface area contributed by atoms with E-state index in [9.17, 15) is 9.59 Å². The maximum atomic E-state index is 12.5. The van der Waals surface area contributed by atoms with E-state index in [0.717, 1.165) is 16.7 Å². The Labute approximate surface area is 166 Å². The minimum absolute atomic E-state index is 0.315. The second-order valence-electron chi connectivity index (χ2n) is 6.11. The molecule has 1 N–H and O–H groups in total. The summed E-state index contributed by atoms with van der Waals surface area (Å²) in [5.74, 6) is -0.804. The molecule has 0 aliphatic rings. The van der Waals surface area contributed by atoms with Gasteiger partial charge in [-0.15, -0.1) is 11.3 Å². The van der Waals surface area contributed by atoms with Gasteiger partial charge in [-0.05, 0) is 54.8 Å². The number of carbonyl (C=O) groups excluding carboxylic acids is 2. The molecule has 1 heterocycles. The van der Waals surface area contributed by atoms with Crippen LogP contribution in [0.15, 0.2) is 47.8 Å². The van der Waals surface area contributed by atoms with Crippen LogP contribution in [0.3, 0.4) is 0 Å². The van der Waals surface area contributed by atoms with Crippen molar-refractivity contribution in [1.82, 2.24) is 0 Å². The van der Waals surface area contributed by atoms with Gasteiger partial charge in [0.15, 0.2) is 0 Å². The molecule has 0 saturated heterocycles. The van der Waals surface area contributed by atoms with Crippen molar-refractivity contribution >= 4 is 39.8 Å². The molecule has 3 rings (SSSR count). The number of aryl methyl sites for hydroxylation is 2. The Kier molecular flexibility index (Phi) is 5.63. The number of thiophene rings is 1. The molecule has 3 aromatic rings. The lowest BCUT2D eigenvalue weighted by Gasteiger charge is -2.09. The fraction of sp³-hybridized carbons (Fsp3) is 0.143. The van der Waals surface area contributed by atoms with Crippen molar-refractivity contribution in [2.45, 2.75) is 13.8 Å². The number of rotatable bonds is 4. The zero-order valence-electron chi connectivity index (χ0n) is 15.1. The first-order valence-corrected chi connectivity index (χ1v) is 9.51. The molecule has 27 heavy (non-hydrogen) atoms. The number of hydrogen-bond donors (Lipinski definition) is 1. The first-order chi connectivity index (χ1) is 12.9. The third-order valence-corrected chi connectivity index (χ3v) is 5.48. The second-order valence-corrected chi connectivity index (χ2v) is 7.42. The van der Waals surface area contributed by atoms with Crippen LogP contribution >= 0.6 is 22.9 Å². The topological polar surface area (TPSA) is 55.4 Å². The van der Waals surface area contributed by atoms with Crippen LogP contribution in [-0.4, -0.2) is 19.0 Å². The van der Waals surface area contributed by atoms with Crippen LogP contribution in [0.4, 0.5) is 5.00 Å². The fourth-order valence-corrected chi connectivity index (χ4v) is 3.73. The van der Waals surface area contributed by atoms with E-state index in [2.05, 4.69) is 5.32 Å². The Balaban J connectivity index is 1.99. The van der Waals surface area contributed by atoms with Crippen molar-refractivity contribution in [1.29, 1.82) is 0 Å². The van der Waals surface area contributed by atoms with Crippen molar-refractivity contribution < 1.29 is 14.3 Å². The highest BCUT2D eigenvalue weighted by Gasteiger charge is 2.23. The molecule has 6 heteroatoms. The molecule has 4 nitrogen and oxygen atoms in total. The van der Waals surface area contributed by atoms with E-state index >= 15 is 0 Å². The Morgan fingerprint density at radius 2 is 1.74 bits per heavy atom. The maximum Gasteiger partial charge on any atom is 0.341 e. The Hall–Kier alpha value is -2.63. The Morgan fingerprint density at radius 1 is 1.04 bits per heavy atom. The second kappa shape index (κ2) is 7.94. The third kappa shape index (κ3) is 4.04. The molecule has 1 amide bonds. The number of halogens is 1. The first-order valence-electron chi connectivity index (χ1n) is 8.25. The van der Waals surface area contributed by atoms with Crippen molar-refractivity contribution in [3.05, 3.63) is 75.1 Å². The molecule has 2 aromatic carbocycles. The molecule has 0 fully saturated rings. The van der Waals surface area contributed by atoms with E-state index in [1.165, 1.54) is 24.0 Å². The van der Waals surface area contributed by atoms with Gasteiger partial charge in [-0.1, -0.05) is 29.8 Å². The molecular weight excluding hydrogens is 382 g/mol. The molecular formula is C21H18ClNO3S. The van der Waals surface area contributed by atoms with Crippen molar-refractivity contribution in [2.75, 3.05) is 12.4 Å². The van der Waals surface area contributed by atoms with Crippen LogP contribution in [0.5, 0.6) is 0 Å². The van der Waals surface area contributed by atoms with Gasteiger partial charge in [0, 0.05) is 21.5 Å². The number of carbonyl (C=O) groups is 2. The molecule has 0 spiro atoms. The summed E-state index contributed by atoms with van der Waals surface area (Å²) in [5, 5.41) is 5.67.